The Morgan fingerprint density at radius 2 is 1.88 bits per heavy atom. The van der Waals surface area contributed by atoms with E-state index >= 15 is 0 Å². The van der Waals surface area contributed by atoms with Crippen LogP contribution in [0.2, 0.25) is 0 Å². The van der Waals surface area contributed by atoms with Gasteiger partial charge < -0.3 is 9.47 Å². The van der Waals surface area contributed by atoms with Crippen molar-refractivity contribution in [1.82, 2.24) is 4.98 Å². The molecule has 0 bridgehead atoms. The normalized spacial score (nSPS) is 11.2. The van der Waals surface area contributed by atoms with E-state index in [1.54, 1.807) is 18.2 Å². The molecule has 140 valence electrons. The van der Waals surface area contributed by atoms with Gasteiger partial charge in [-0.25, -0.2) is 4.79 Å². The van der Waals surface area contributed by atoms with Crippen LogP contribution in [0.1, 0.15) is 43.2 Å². The first-order valence-corrected chi connectivity index (χ1v) is 8.68. The van der Waals surface area contributed by atoms with Gasteiger partial charge in [-0.05, 0) is 59.2 Å². The Balaban J connectivity index is 2.24. The predicted octanol–water partition coefficient (Wildman–Crippen LogP) is 4.96. The maximum atomic E-state index is 12.9. The molecule has 1 aromatic carbocycles. The minimum Gasteiger partial charge on any atom is -0.496 e. The molecule has 0 spiro atoms. The number of ether oxygens (including phenoxy) is 2. The van der Waals surface area contributed by atoms with E-state index in [1.165, 1.54) is 0 Å². The van der Waals surface area contributed by atoms with Crippen LogP contribution in [0.4, 0.5) is 10.5 Å². The number of nitrogens with zero attached hydrogens (tertiary/aromatic N) is 2. The summed E-state index contributed by atoms with van der Waals surface area (Å²) in [6, 6.07) is 7.83. The van der Waals surface area contributed by atoms with Gasteiger partial charge in [0.2, 0.25) is 0 Å². The molecule has 0 N–H and O–H groups in total. The maximum absolute atomic E-state index is 12.9. The molecule has 2 rings (SSSR count). The maximum Gasteiger partial charge on any atom is 0.415 e. The summed E-state index contributed by atoms with van der Waals surface area (Å²) in [7, 11) is 1.63. The van der Waals surface area contributed by atoms with Gasteiger partial charge >= 0.3 is 6.09 Å². The molecule has 0 saturated heterocycles. The van der Waals surface area contributed by atoms with E-state index in [0.29, 0.717) is 5.69 Å². The fourth-order valence-electron chi connectivity index (χ4n) is 2.94. The van der Waals surface area contributed by atoms with Gasteiger partial charge in [0.25, 0.3) is 0 Å². The molecule has 0 radical (unpaired) electrons. The third-order valence-corrected chi connectivity index (χ3v) is 4.20. The van der Waals surface area contributed by atoms with E-state index in [9.17, 15) is 4.79 Å². The monoisotopic (exact) mass is 356 g/mol. The van der Waals surface area contributed by atoms with E-state index in [0.717, 1.165) is 28.1 Å². The first-order chi connectivity index (χ1) is 12.1. The average Bonchev–Trinajstić information content (AvgIpc) is 2.53. The zero-order chi connectivity index (χ0) is 19.5. The van der Waals surface area contributed by atoms with E-state index in [1.807, 2.05) is 65.8 Å². The Morgan fingerprint density at radius 1 is 1.19 bits per heavy atom. The Morgan fingerprint density at radius 3 is 2.46 bits per heavy atom. The molecule has 0 atom stereocenters. The van der Waals surface area contributed by atoms with E-state index in [4.69, 9.17) is 9.47 Å². The van der Waals surface area contributed by atoms with Crippen molar-refractivity contribution in [3.05, 3.63) is 52.8 Å². The second-order valence-electron chi connectivity index (χ2n) is 7.45. The van der Waals surface area contributed by atoms with Crippen LogP contribution in [-0.2, 0) is 11.3 Å². The molecule has 0 unspecified atom stereocenters. The highest BCUT2D eigenvalue weighted by Crippen LogP contribution is 2.27. The van der Waals surface area contributed by atoms with Gasteiger partial charge in [-0.2, -0.15) is 0 Å². The molecule has 5 nitrogen and oxygen atoms in total. The van der Waals surface area contributed by atoms with Crippen LogP contribution < -0.4 is 9.64 Å². The number of aryl methyl sites for hydroxylation is 2. The number of hydrogen-bond donors (Lipinski definition) is 0. The quantitative estimate of drug-likeness (QED) is 0.777. The van der Waals surface area contributed by atoms with E-state index in [-0.39, 0.29) is 6.61 Å². The van der Waals surface area contributed by atoms with Crippen molar-refractivity contribution in [3.8, 4) is 5.75 Å². The second kappa shape index (κ2) is 7.77. The van der Waals surface area contributed by atoms with Gasteiger partial charge in [-0.1, -0.05) is 12.1 Å². The number of hydrogen-bond acceptors (Lipinski definition) is 4. The van der Waals surface area contributed by atoms with E-state index < -0.39 is 11.6 Å². The molecule has 26 heavy (non-hydrogen) atoms. The number of methoxy groups -OCH3 is 1. The van der Waals surface area contributed by atoms with Crippen LogP contribution in [-0.4, -0.2) is 23.7 Å². The molecular weight excluding hydrogens is 328 g/mol. The summed E-state index contributed by atoms with van der Waals surface area (Å²) in [5, 5.41) is 0. The largest absolute Gasteiger partial charge is 0.496 e. The van der Waals surface area contributed by atoms with Crippen molar-refractivity contribution in [2.24, 2.45) is 0 Å². The summed E-state index contributed by atoms with van der Waals surface area (Å²) in [6.07, 6.45) is 1.33. The van der Waals surface area contributed by atoms with Crippen LogP contribution >= 0.6 is 0 Å². The van der Waals surface area contributed by atoms with Crippen LogP contribution in [0.3, 0.4) is 0 Å². The van der Waals surface area contributed by atoms with Crippen molar-refractivity contribution in [3.63, 3.8) is 0 Å². The minimum atomic E-state index is -0.418. The van der Waals surface area contributed by atoms with Crippen LogP contribution in [0.5, 0.6) is 5.75 Å². The lowest BCUT2D eigenvalue weighted by atomic mass is 10.0. The van der Waals surface area contributed by atoms with Crippen molar-refractivity contribution < 1.29 is 14.3 Å². The molecule has 1 amide bonds. The number of anilines is 1. The Hall–Kier alpha value is -2.56. The fraction of sp³-hybridized carbons (Fsp3) is 0.429. The van der Waals surface area contributed by atoms with Gasteiger partial charge in [0, 0.05) is 28.6 Å². The lowest BCUT2D eigenvalue weighted by Crippen LogP contribution is -2.46. The van der Waals surface area contributed by atoms with Crippen molar-refractivity contribution in [2.45, 2.75) is 53.7 Å². The van der Waals surface area contributed by atoms with E-state index in [2.05, 4.69) is 4.98 Å². The number of pyridine rings is 1. The smallest absolute Gasteiger partial charge is 0.415 e. The Labute approximate surface area is 156 Å². The average molecular weight is 356 g/mol. The summed E-state index contributed by atoms with van der Waals surface area (Å²) in [5.41, 5.74) is 4.02. The molecule has 0 aliphatic rings. The molecule has 0 saturated carbocycles. The molecule has 0 aliphatic heterocycles. The van der Waals surface area contributed by atoms with Crippen molar-refractivity contribution >= 4 is 11.8 Å². The van der Waals surface area contributed by atoms with Gasteiger partial charge in [0.1, 0.15) is 12.4 Å². The number of carbonyl (C=O) groups is 1. The van der Waals surface area contributed by atoms with Crippen molar-refractivity contribution in [2.75, 3.05) is 12.0 Å². The number of carbonyl (C=O) groups excluding carboxylic acids is 1. The standard InChI is InChI=1S/C21H28N2O3/c1-14-9-8-10-17(11-14)23(21(4,5)6)20(24)26-13-18-16(3)19(25-7)15(2)12-22-18/h8-12H,13H2,1-7H3. The van der Waals surface area contributed by atoms with Gasteiger partial charge in [-0.15, -0.1) is 0 Å². The van der Waals surface area contributed by atoms with Crippen molar-refractivity contribution in [1.29, 1.82) is 0 Å². The fourth-order valence-corrected chi connectivity index (χ4v) is 2.94. The van der Waals surface area contributed by atoms with Crippen LogP contribution in [0.15, 0.2) is 30.5 Å². The SMILES string of the molecule is COc1c(C)cnc(COC(=O)N(c2cccc(C)c2)C(C)(C)C)c1C. The van der Waals surface area contributed by atoms with Crippen LogP contribution in [0.25, 0.3) is 0 Å². The summed E-state index contributed by atoms with van der Waals surface area (Å²) in [6.45, 7) is 11.9. The lowest BCUT2D eigenvalue weighted by molar-refractivity contribution is 0.140. The third kappa shape index (κ3) is 4.34. The minimum absolute atomic E-state index is 0.0969. The van der Waals surface area contributed by atoms with Gasteiger partial charge in [-0.3, -0.25) is 9.88 Å². The number of benzene rings is 1. The molecule has 0 aliphatic carbocycles. The lowest BCUT2D eigenvalue weighted by Gasteiger charge is -2.35. The molecule has 2 aromatic rings. The molecule has 0 fully saturated rings. The number of aromatic nitrogens is 1. The highest BCUT2D eigenvalue weighted by atomic mass is 16.6. The van der Waals surface area contributed by atoms with Gasteiger partial charge in [0.15, 0.2) is 0 Å². The summed E-state index contributed by atoms with van der Waals surface area (Å²) in [5.74, 6) is 0.775. The summed E-state index contributed by atoms with van der Waals surface area (Å²) in [4.78, 5) is 18.9. The topological polar surface area (TPSA) is 51.7 Å². The highest BCUT2D eigenvalue weighted by Gasteiger charge is 2.29. The summed E-state index contributed by atoms with van der Waals surface area (Å²) >= 11 is 0. The Bertz CT molecular complexity index is 794. The number of rotatable bonds is 4. The zero-order valence-electron chi connectivity index (χ0n) is 16.7. The first kappa shape index (κ1) is 19.8. The highest BCUT2D eigenvalue weighted by molar-refractivity contribution is 5.89. The molecule has 1 heterocycles. The molecule has 5 heteroatoms. The summed E-state index contributed by atoms with van der Waals surface area (Å²) < 4.78 is 11.0. The number of amides is 1. The molecule has 1 aromatic heterocycles. The van der Waals surface area contributed by atoms with Gasteiger partial charge in [0.05, 0.1) is 12.8 Å². The Kier molecular flexibility index (Phi) is 5.90. The zero-order valence-corrected chi connectivity index (χ0v) is 16.7. The molecular formula is C21H28N2O3. The predicted molar refractivity (Wildman–Crippen MR) is 104 cm³/mol. The first-order valence-electron chi connectivity index (χ1n) is 8.68. The van der Waals surface area contributed by atoms with Crippen LogP contribution in [0, 0.1) is 20.8 Å². The third-order valence-electron chi connectivity index (χ3n) is 4.20. The second-order valence-corrected chi connectivity index (χ2v) is 7.45.